The summed E-state index contributed by atoms with van der Waals surface area (Å²) in [6.45, 7) is 1.42. The minimum absolute atomic E-state index is 0.122. The highest BCUT2D eigenvalue weighted by Crippen LogP contribution is 2.25. The molecule has 0 bridgehead atoms. The number of halogens is 1. The SMILES string of the molecule is O=C(Nc1ccccc1-c1nnn(CC(=O)N2CCN(C(=O)c3ccco3)CC2)n1)c1ccc(F)cc1. The molecule has 0 spiro atoms. The molecule has 0 unspecified atom stereocenters. The van der Waals surface area contributed by atoms with Crippen LogP contribution in [0, 0.1) is 5.82 Å². The van der Waals surface area contributed by atoms with Crippen molar-refractivity contribution in [2.24, 2.45) is 0 Å². The number of amides is 3. The number of hydrogen-bond acceptors (Lipinski definition) is 7. The minimum atomic E-state index is -0.434. The number of nitrogens with zero attached hydrogens (tertiary/aromatic N) is 6. The highest BCUT2D eigenvalue weighted by molar-refractivity contribution is 6.06. The van der Waals surface area contributed by atoms with Crippen molar-refractivity contribution in [1.82, 2.24) is 30.0 Å². The first-order chi connectivity index (χ1) is 18.0. The Morgan fingerprint density at radius 3 is 2.38 bits per heavy atom. The van der Waals surface area contributed by atoms with Gasteiger partial charge in [0.25, 0.3) is 11.8 Å². The Kier molecular flexibility index (Phi) is 6.70. The van der Waals surface area contributed by atoms with Crippen LogP contribution < -0.4 is 5.32 Å². The monoisotopic (exact) mass is 503 g/mol. The fraction of sp³-hybridized carbons (Fsp3) is 0.200. The number of tetrazole rings is 1. The second-order valence-electron chi connectivity index (χ2n) is 8.30. The molecular weight excluding hydrogens is 481 g/mol. The molecular formula is C25H22FN7O4. The van der Waals surface area contributed by atoms with Gasteiger partial charge in [0.1, 0.15) is 12.4 Å². The Balaban J connectivity index is 1.21. The van der Waals surface area contributed by atoms with Crippen LogP contribution in [0.25, 0.3) is 11.4 Å². The molecule has 5 rings (SSSR count). The molecule has 12 heteroatoms. The molecule has 1 fully saturated rings. The van der Waals surface area contributed by atoms with Crippen molar-refractivity contribution >= 4 is 23.4 Å². The summed E-state index contributed by atoms with van der Waals surface area (Å²) >= 11 is 0. The van der Waals surface area contributed by atoms with Gasteiger partial charge in [-0.15, -0.1) is 10.2 Å². The van der Waals surface area contributed by atoms with Crippen LogP contribution in [0.15, 0.2) is 71.3 Å². The predicted octanol–water partition coefficient (Wildman–Crippen LogP) is 2.31. The Morgan fingerprint density at radius 1 is 0.919 bits per heavy atom. The van der Waals surface area contributed by atoms with E-state index in [-0.39, 0.29) is 29.9 Å². The van der Waals surface area contributed by atoms with Crippen LogP contribution in [0.3, 0.4) is 0 Å². The fourth-order valence-electron chi connectivity index (χ4n) is 3.94. The van der Waals surface area contributed by atoms with E-state index in [2.05, 4.69) is 20.7 Å². The molecule has 4 aromatic rings. The van der Waals surface area contributed by atoms with Crippen molar-refractivity contribution in [1.29, 1.82) is 0 Å². The highest BCUT2D eigenvalue weighted by Gasteiger charge is 2.26. The second kappa shape index (κ2) is 10.4. The zero-order valence-corrected chi connectivity index (χ0v) is 19.6. The van der Waals surface area contributed by atoms with E-state index < -0.39 is 11.7 Å². The summed E-state index contributed by atoms with van der Waals surface area (Å²) in [5.74, 6) is -0.752. The number of carbonyl (C=O) groups is 3. The van der Waals surface area contributed by atoms with E-state index in [0.29, 0.717) is 43.0 Å². The zero-order chi connectivity index (χ0) is 25.8. The van der Waals surface area contributed by atoms with E-state index in [9.17, 15) is 18.8 Å². The number of para-hydroxylation sites is 1. The third-order valence-corrected chi connectivity index (χ3v) is 5.90. The Hall–Kier alpha value is -4.87. The maximum atomic E-state index is 13.2. The molecule has 1 aliphatic rings. The van der Waals surface area contributed by atoms with Gasteiger partial charge in [-0.3, -0.25) is 14.4 Å². The van der Waals surface area contributed by atoms with Crippen LogP contribution in [0.5, 0.6) is 0 Å². The number of piperazine rings is 1. The molecule has 1 saturated heterocycles. The number of carbonyl (C=O) groups excluding carboxylic acids is 3. The quantitative estimate of drug-likeness (QED) is 0.428. The molecule has 0 saturated carbocycles. The van der Waals surface area contributed by atoms with Crippen LogP contribution in [-0.4, -0.2) is 73.9 Å². The van der Waals surface area contributed by atoms with Crippen LogP contribution in [-0.2, 0) is 11.3 Å². The zero-order valence-electron chi connectivity index (χ0n) is 19.6. The summed E-state index contributed by atoms with van der Waals surface area (Å²) in [5, 5.41) is 15.1. The Bertz CT molecular complexity index is 1410. The van der Waals surface area contributed by atoms with Crippen LogP contribution >= 0.6 is 0 Å². The maximum Gasteiger partial charge on any atom is 0.289 e. The molecule has 2 aromatic carbocycles. The van der Waals surface area contributed by atoms with Gasteiger partial charge in [0, 0.05) is 37.3 Å². The summed E-state index contributed by atoms with van der Waals surface area (Å²) in [5.41, 5.74) is 1.26. The van der Waals surface area contributed by atoms with E-state index in [1.54, 1.807) is 46.2 Å². The lowest BCUT2D eigenvalue weighted by Crippen LogP contribution is -2.51. The molecule has 11 nitrogen and oxygen atoms in total. The number of rotatable bonds is 6. The second-order valence-corrected chi connectivity index (χ2v) is 8.30. The fourth-order valence-corrected chi connectivity index (χ4v) is 3.94. The van der Waals surface area contributed by atoms with E-state index >= 15 is 0 Å². The van der Waals surface area contributed by atoms with Crippen molar-refractivity contribution < 1.29 is 23.2 Å². The summed E-state index contributed by atoms with van der Waals surface area (Å²) in [6, 6.07) is 15.4. The molecule has 188 valence electrons. The van der Waals surface area contributed by atoms with Crippen LogP contribution in [0.4, 0.5) is 10.1 Å². The van der Waals surface area contributed by atoms with E-state index in [1.807, 2.05) is 0 Å². The lowest BCUT2D eigenvalue weighted by atomic mass is 10.1. The van der Waals surface area contributed by atoms with Gasteiger partial charge in [-0.25, -0.2) is 4.39 Å². The molecule has 3 amide bonds. The Morgan fingerprint density at radius 2 is 1.65 bits per heavy atom. The topological polar surface area (TPSA) is 126 Å². The number of nitrogens with one attached hydrogen (secondary N) is 1. The first-order valence-corrected chi connectivity index (χ1v) is 11.5. The number of benzene rings is 2. The predicted molar refractivity (Wildman–Crippen MR) is 129 cm³/mol. The summed E-state index contributed by atoms with van der Waals surface area (Å²) in [6.07, 6.45) is 1.45. The molecule has 0 atom stereocenters. The van der Waals surface area contributed by atoms with Crippen molar-refractivity contribution in [2.75, 3.05) is 31.5 Å². The first-order valence-electron chi connectivity index (χ1n) is 11.5. The van der Waals surface area contributed by atoms with Crippen LogP contribution in [0.1, 0.15) is 20.9 Å². The van der Waals surface area contributed by atoms with E-state index in [0.717, 1.165) is 0 Å². The van der Waals surface area contributed by atoms with Crippen LogP contribution in [0.2, 0.25) is 0 Å². The molecule has 1 N–H and O–H groups in total. The summed E-state index contributed by atoms with van der Waals surface area (Å²) in [4.78, 5) is 42.3. The number of aromatic nitrogens is 4. The molecule has 3 heterocycles. The van der Waals surface area contributed by atoms with Gasteiger partial charge in [-0.1, -0.05) is 12.1 Å². The van der Waals surface area contributed by atoms with Gasteiger partial charge in [0.05, 0.1) is 12.0 Å². The number of furan rings is 1. The maximum absolute atomic E-state index is 13.2. The lowest BCUT2D eigenvalue weighted by molar-refractivity contribution is -0.133. The third kappa shape index (κ3) is 5.37. The lowest BCUT2D eigenvalue weighted by Gasteiger charge is -2.34. The van der Waals surface area contributed by atoms with Crippen molar-refractivity contribution in [3.05, 3.63) is 84.1 Å². The summed E-state index contributed by atoms with van der Waals surface area (Å²) in [7, 11) is 0. The first kappa shape index (κ1) is 23.9. The third-order valence-electron chi connectivity index (χ3n) is 5.90. The van der Waals surface area contributed by atoms with Gasteiger partial charge < -0.3 is 19.5 Å². The largest absolute Gasteiger partial charge is 0.459 e. The molecule has 0 aliphatic carbocycles. The minimum Gasteiger partial charge on any atom is -0.459 e. The van der Waals surface area contributed by atoms with E-state index in [4.69, 9.17) is 4.42 Å². The van der Waals surface area contributed by atoms with Gasteiger partial charge >= 0.3 is 0 Å². The van der Waals surface area contributed by atoms with Gasteiger partial charge in [-0.2, -0.15) is 4.80 Å². The Labute approximate surface area is 210 Å². The average molecular weight is 503 g/mol. The molecule has 0 radical (unpaired) electrons. The smallest absolute Gasteiger partial charge is 0.289 e. The van der Waals surface area contributed by atoms with E-state index in [1.165, 1.54) is 35.3 Å². The molecule has 37 heavy (non-hydrogen) atoms. The van der Waals surface area contributed by atoms with Gasteiger partial charge in [0.15, 0.2) is 5.76 Å². The highest BCUT2D eigenvalue weighted by atomic mass is 19.1. The van der Waals surface area contributed by atoms with Gasteiger partial charge in [0.2, 0.25) is 11.7 Å². The number of anilines is 1. The molecule has 1 aliphatic heterocycles. The molecule has 2 aromatic heterocycles. The van der Waals surface area contributed by atoms with Crippen molar-refractivity contribution in [3.8, 4) is 11.4 Å². The van der Waals surface area contributed by atoms with Crippen molar-refractivity contribution in [2.45, 2.75) is 6.54 Å². The van der Waals surface area contributed by atoms with Crippen molar-refractivity contribution in [3.63, 3.8) is 0 Å². The normalized spacial score (nSPS) is 13.4. The summed E-state index contributed by atoms with van der Waals surface area (Å²) < 4.78 is 18.3. The average Bonchev–Trinajstić information content (AvgIpc) is 3.62. The number of hydrogen-bond donors (Lipinski definition) is 1. The standard InChI is InChI=1S/C25H22FN7O4/c26-18-9-7-17(8-10-18)24(35)27-20-5-2-1-4-19(20)23-28-30-33(29-23)16-22(34)31-11-13-32(14-12-31)25(36)21-6-3-15-37-21/h1-10,15H,11-14,16H2,(H,27,35). The van der Waals surface area contributed by atoms with Gasteiger partial charge in [-0.05, 0) is 53.7 Å².